The van der Waals surface area contributed by atoms with Crippen LogP contribution in [-0.2, 0) is 12.8 Å². The van der Waals surface area contributed by atoms with E-state index in [9.17, 15) is 0 Å². The van der Waals surface area contributed by atoms with E-state index in [0.29, 0.717) is 6.04 Å². The van der Waals surface area contributed by atoms with Gasteiger partial charge in [-0.1, -0.05) is 17.7 Å². The molecule has 1 N–H and O–H groups in total. The molecule has 0 atom stereocenters. The number of rotatable bonds is 3. The molecule has 3 heteroatoms. The second-order valence-electron chi connectivity index (χ2n) is 8.52. The summed E-state index contributed by atoms with van der Waals surface area (Å²) in [6.07, 6.45) is 4.82. The van der Waals surface area contributed by atoms with Gasteiger partial charge in [-0.2, -0.15) is 0 Å². The molecule has 2 heterocycles. The normalized spacial score (nSPS) is 14.0. The Bertz CT molecular complexity index is 1000. The molecular formula is C24H31N3. The van der Waals surface area contributed by atoms with Gasteiger partial charge in [-0.3, -0.25) is 4.57 Å². The van der Waals surface area contributed by atoms with Crippen LogP contribution in [0.5, 0.6) is 0 Å². The number of benzene rings is 1. The number of nitrogens with zero attached hydrogens (tertiary/aromatic N) is 2. The van der Waals surface area contributed by atoms with Crippen LogP contribution in [0.1, 0.15) is 60.3 Å². The van der Waals surface area contributed by atoms with E-state index >= 15 is 0 Å². The number of fused-ring (bicyclic) bond motifs is 3. The molecule has 0 saturated heterocycles. The van der Waals surface area contributed by atoms with E-state index in [1.54, 1.807) is 0 Å². The fourth-order valence-corrected chi connectivity index (χ4v) is 4.84. The molecule has 0 fully saturated rings. The smallest absolute Gasteiger partial charge is 0.147 e. The standard InChI is InChI=1S/C24H31N3/c1-14(2)25-20-13-18(6)26-24-22(20)19-9-7-8-10-21(19)27(24)23-16(4)11-15(3)12-17(23)5/h11-14H,7-10H2,1-6H3,(H,25,26). The van der Waals surface area contributed by atoms with Gasteiger partial charge in [0.2, 0.25) is 0 Å². The Hall–Kier alpha value is -2.29. The van der Waals surface area contributed by atoms with Crippen molar-refractivity contribution in [1.29, 1.82) is 0 Å². The first-order valence-corrected chi connectivity index (χ1v) is 10.3. The Morgan fingerprint density at radius 2 is 1.63 bits per heavy atom. The molecule has 142 valence electrons. The summed E-state index contributed by atoms with van der Waals surface area (Å²) >= 11 is 0. The molecule has 27 heavy (non-hydrogen) atoms. The molecule has 0 bridgehead atoms. The predicted octanol–water partition coefficient (Wildman–Crippen LogP) is 5.96. The van der Waals surface area contributed by atoms with Gasteiger partial charge in [0, 0.05) is 28.5 Å². The fourth-order valence-electron chi connectivity index (χ4n) is 4.84. The van der Waals surface area contributed by atoms with Crippen molar-refractivity contribution >= 4 is 16.7 Å². The van der Waals surface area contributed by atoms with Gasteiger partial charge >= 0.3 is 0 Å². The molecule has 0 amide bonds. The van der Waals surface area contributed by atoms with E-state index in [-0.39, 0.29) is 0 Å². The fraction of sp³-hybridized carbons (Fsp3) is 0.458. The van der Waals surface area contributed by atoms with Crippen molar-refractivity contribution < 1.29 is 0 Å². The maximum Gasteiger partial charge on any atom is 0.147 e. The third kappa shape index (κ3) is 3.03. The van der Waals surface area contributed by atoms with Crippen molar-refractivity contribution in [2.24, 2.45) is 0 Å². The molecule has 2 aromatic heterocycles. The van der Waals surface area contributed by atoms with Crippen LogP contribution in [0.15, 0.2) is 18.2 Å². The van der Waals surface area contributed by atoms with Crippen molar-refractivity contribution in [3.8, 4) is 5.69 Å². The van der Waals surface area contributed by atoms with Crippen molar-refractivity contribution in [2.45, 2.75) is 73.3 Å². The van der Waals surface area contributed by atoms with Gasteiger partial charge < -0.3 is 5.32 Å². The zero-order valence-corrected chi connectivity index (χ0v) is 17.5. The highest BCUT2D eigenvalue weighted by atomic mass is 15.1. The first kappa shape index (κ1) is 18.1. The summed E-state index contributed by atoms with van der Waals surface area (Å²) in [5.74, 6) is 0. The monoisotopic (exact) mass is 361 g/mol. The molecular weight excluding hydrogens is 330 g/mol. The van der Waals surface area contributed by atoms with Crippen LogP contribution in [0.4, 0.5) is 5.69 Å². The topological polar surface area (TPSA) is 29.9 Å². The maximum absolute atomic E-state index is 5.05. The summed E-state index contributed by atoms with van der Waals surface area (Å²) in [7, 11) is 0. The molecule has 0 radical (unpaired) electrons. The SMILES string of the molecule is Cc1cc(C)c(-n2c3c(c4c(NC(C)C)cc(C)nc42)CCCC3)c(C)c1. The van der Waals surface area contributed by atoms with E-state index < -0.39 is 0 Å². The van der Waals surface area contributed by atoms with Gasteiger partial charge in [0.15, 0.2) is 0 Å². The molecule has 4 rings (SSSR count). The lowest BCUT2D eigenvalue weighted by molar-refractivity contribution is 0.665. The van der Waals surface area contributed by atoms with Gasteiger partial charge in [0.1, 0.15) is 5.65 Å². The van der Waals surface area contributed by atoms with Gasteiger partial charge in [0.05, 0.1) is 5.69 Å². The first-order valence-electron chi connectivity index (χ1n) is 10.3. The van der Waals surface area contributed by atoms with E-state index in [1.165, 1.54) is 57.6 Å². The highest BCUT2D eigenvalue weighted by molar-refractivity contribution is 5.96. The minimum Gasteiger partial charge on any atom is -0.382 e. The molecule has 3 nitrogen and oxygen atoms in total. The van der Waals surface area contributed by atoms with Crippen LogP contribution >= 0.6 is 0 Å². The first-order chi connectivity index (χ1) is 12.9. The Morgan fingerprint density at radius 1 is 0.963 bits per heavy atom. The maximum atomic E-state index is 5.05. The summed E-state index contributed by atoms with van der Waals surface area (Å²) in [6, 6.07) is 7.22. The Labute approximate surface area is 162 Å². The predicted molar refractivity (Wildman–Crippen MR) is 115 cm³/mol. The Morgan fingerprint density at radius 3 is 2.30 bits per heavy atom. The minimum absolute atomic E-state index is 0.403. The number of nitrogens with one attached hydrogen (secondary N) is 1. The quantitative estimate of drug-likeness (QED) is 0.624. The average Bonchev–Trinajstić information content (AvgIpc) is 2.88. The van der Waals surface area contributed by atoms with E-state index in [0.717, 1.165) is 24.2 Å². The lowest BCUT2D eigenvalue weighted by atomic mass is 9.95. The largest absolute Gasteiger partial charge is 0.382 e. The van der Waals surface area contributed by atoms with Crippen LogP contribution in [-0.4, -0.2) is 15.6 Å². The molecule has 0 aliphatic heterocycles. The summed E-state index contributed by atoms with van der Waals surface area (Å²) in [6.45, 7) is 13.2. The Kier molecular flexibility index (Phi) is 4.49. The average molecular weight is 362 g/mol. The number of aromatic nitrogens is 2. The summed E-state index contributed by atoms with van der Waals surface area (Å²) < 4.78 is 2.48. The third-order valence-electron chi connectivity index (χ3n) is 5.65. The third-order valence-corrected chi connectivity index (χ3v) is 5.65. The molecule has 0 saturated carbocycles. The van der Waals surface area contributed by atoms with Gasteiger partial charge in [-0.05, 0) is 90.0 Å². The number of hydrogen-bond acceptors (Lipinski definition) is 2. The summed E-state index contributed by atoms with van der Waals surface area (Å²) in [5, 5.41) is 5.02. The minimum atomic E-state index is 0.403. The van der Waals surface area contributed by atoms with Crippen LogP contribution in [0.25, 0.3) is 16.7 Å². The molecule has 0 spiro atoms. The van der Waals surface area contributed by atoms with Gasteiger partial charge in [0.25, 0.3) is 0 Å². The lowest BCUT2D eigenvalue weighted by Crippen LogP contribution is -2.11. The van der Waals surface area contributed by atoms with Crippen molar-refractivity contribution in [3.05, 3.63) is 51.8 Å². The molecule has 1 aliphatic carbocycles. The van der Waals surface area contributed by atoms with Crippen LogP contribution in [0.2, 0.25) is 0 Å². The highest BCUT2D eigenvalue weighted by Gasteiger charge is 2.25. The van der Waals surface area contributed by atoms with E-state index in [2.05, 4.69) is 69.6 Å². The van der Waals surface area contributed by atoms with Crippen LogP contribution in [0, 0.1) is 27.7 Å². The molecule has 0 unspecified atom stereocenters. The van der Waals surface area contributed by atoms with Gasteiger partial charge in [-0.25, -0.2) is 4.98 Å². The number of pyridine rings is 1. The van der Waals surface area contributed by atoms with E-state index in [4.69, 9.17) is 4.98 Å². The second kappa shape index (κ2) is 6.70. The molecule has 3 aromatic rings. The Balaban J connectivity index is 2.12. The number of aryl methyl sites for hydroxylation is 5. The number of anilines is 1. The van der Waals surface area contributed by atoms with Gasteiger partial charge in [-0.15, -0.1) is 0 Å². The van der Waals surface area contributed by atoms with Crippen LogP contribution in [0.3, 0.4) is 0 Å². The molecule has 1 aromatic carbocycles. The summed E-state index contributed by atoms with van der Waals surface area (Å²) in [4.78, 5) is 5.05. The molecule has 1 aliphatic rings. The van der Waals surface area contributed by atoms with E-state index in [1.807, 2.05) is 0 Å². The van der Waals surface area contributed by atoms with Crippen molar-refractivity contribution in [2.75, 3.05) is 5.32 Å². The zero-order valence-electron chi connectivity index (χ0n) is 17.5. The lowest BCUT2D eigenvalue weighted by Gasteiger charge is -2.19. The number of hydrogen-bond donors (Lipinski definition) is 1. The summed E-state index contributed by atoms with van der Waals surface area (Å²) in [5.41, 5.74) is 11.7. The van der Waals surface area contributed by atoms with Crippen LogP contribution < -0.4 is 5.32 Å². The second-order valence-corrected chi connectivity index (χ2v) is 8.52. The van der Waals surface area contributed by atoms with Crippen molar-refractivity contribution in [1.82, 2.24) is 9.55 Å². The van der Waals surface area contributed by atoms with Crippen molar-refractivity contribution in [3.63, 3.8) is 0 Å². The highest BCUT2D eigenvalue weighted by Crippen LogP contribution is 2.39. The zero-order chi connectivity index (χ0) is 19.3.